The van der Waals surface area contributed by atoms with Crippen LogP contribution in [-0.2, 0) is 6.42 Å². The zero-order chi connectivity index (χ0) is 18.1. The lowest BCUT2D eigenvalue weighted by molar-refractivity contribution is 0.104. The largest absolute Gasteiger partial charge is 0.491 e. The van der Waals surface area contributed by atoms with E-state index in [4.69, 9.17) is 21.1 Å². The van der Waals surface area contributed by atoms with Gasteiger partial charge in [0, 0.05) is 6.42 Å². The maximum Gasteiger partial charge on any atom is 0.122 e. The molecule has 0 aliphatic heterocycles. The standard InChI is InChI=1S/C20H25ClO4/c1-2-17(22)13-24-19-9-5-3-7-15(19)11-16-8-4-6-10-20(16)25-14-18(23)12-21/h3-10,17-18,22-23H,2,11-14H2,1H3. The van der Waals surface area contributed by atoms with Gasteiger partial charge < -0.3 is 19.7 Å². The Morgan fingerprint density at radius 1 is 0.840 bits per heavy atom. The number of benzene rings is 2. The number of halogens is 1. The van der Waals surface area contributed by atoms with E-state index in [-0.39, 0.29) is 19.1 Å². The third kappa shape index (κ3) is 6.24. The van der Waals surface area contributed by atoms with Crippen molar-refractivity contribution in [2.75, 3.05) is 19.1 Å². The van der Waals surface area contributed by atoms with E-state index in [1.165, 1.54) is 0 Å². The molecule has 0 radical (unpaired) electrons. The molecule has 2 N–H and O–H groups in total. The molecule has 0 saturated heterocycles. The molecule has 2 unspecified atom stereocenters. The summed E-state index contributed by atoms with van der Waals surface area (Å²) in [7, 11) is 0. The second-order valence-corrected chi connectivity index (χ2v) is 6.19. The summed E-state index contributed by atoms with van der Waals surface area (Å²) in [6, 6.07) is 15.5. The predicted molar refractivity (Wildman–Crippen MR) is 99.7 cm³/mol. The lowest BCUT2D eigenvalue weighted by atomic mass is 10.0. The minimum Gasteiger partial charge on any atom is -0.491 e. The van der Waals surface area contributed by atoms with Crippen LogP contribution in [0, 0.1) is 0 Å². The highest BCUT2D eigenvalue weighted by Crippen LogP contribution is 2.26. The normalized spacial score (nSPS) is 13.3. The fourth-order valence-electron chi connectivity index (χ4n) is 2.32. The van der Waals surface area contributed by atoms with E-state index in [1.54, 1.807) is 0 Å². The molecule has 25 heavy (non-hydrogen) atoms. The highest BCUT2D eigenvalue weighted by Gasteiger charge is 2.11. The monoisotopic (exact) mass is 364 g/mol. The molecule has 4 nitrogen and oxygen atoms in total. The van der Waals surface area contributed by atoms with Crippen molar-refractivity contribution in [2.45, 2.75) is 32.0 Å². The fourth-order valence-corrected chi connectivity index (χ4v) is 2.41. The van der Waals surface area contributed by atoms with Gasteiger partial charge in [0.25, 0.3) is 0 Å². The molecular formula is C20H25ClO4. The quantitative estimate of drug-likeness (QED) is 0.634. The number of rotatable bonds is 10. The van der Waals surface area contributed by atoms with E-state index in [0.717, 1.165) is 22.6 Å². The van der Waals surface area contributed by atoms with Crippen LogP contribution >= 0.6 is 11.6 Å². The molecule has 0 aliphatic carbocycles. The van der Waals surface area contributed by atoms with Gasteiger partial charge in [-0.2, -0.15) is 0 Å². The first-order valence-electron chi connectivity index (χ1n) is 8.47. The van der Waals surface area contributed by atoms with E-state index >= 15 is 0 Å². The van der Waals surface area contributed by atoms with E-state index in [1.807, 2.05) is 55.5 Å². The Morgan fingerprint density at radius 3 is 1.80 bits per heavy atom. The van der Waals surface area contributed by atoms with Gasteiger partial charge in [-0.15, -0.1) is 11.6 Å². The highest BCUT2D eigenvalue weighted by molar-refractivity contribution is 6.18. The first-order chi connectivity index (χ1) is 12.1. The Hall–Kier alpha value is -1.75. The van der Waals surface area contributed by atoms with Crippen molar-refractivity contribution < 1.29 is 19.7 Å². The molecule has 5 heteroatoms. The second kappa shape index (κ2) is 10.3. The third-order valence-electron chi connectivity index (χ3n) is 3.84. The number of ether oxygens (including phenoxy) is 2. The summed E-state index contributed by atoms with van der Waals surface area (Å²) in [6.45, 7) is 2.34. The lowest BCUT2D eigenvalue weighted by Gasteiger charge is -2.16. The molecule has 0 amide bonds. The van der Waals surface area contributed by atoms with Crippen molar-refractivity contribution in [3.63, 3.8) is 0 Å². The Morgan fingerprint density at radius 2 is 1.32 bits per heavy atom. The van der Waals surface area contributed by atoms with Gasteiger partial charge in [0.05, 0.1) is 12.0 Å². The van der Waals surface area contributed by atoms with Crippen LogP contribution in [0.2, 0.25) is 0 Å². The smallest absolute Gasteiger partial charge is 0.122 e. The number of para-hydroxylation sites is 2. The van der Waals surface area contributed by atoms with Gasteiger partial charge >= 0.3 is 0 Å². The SMILES string of the molecule is CCC(O)COc1ccccc1Cc1ccccc1OCC(O)CCl. The Balaban J connectivity index is 2.11. The van der Waals surface area contributed by atoms with Gasteiger partial charge in [-0.3, -0.25) is 0 Å². The first-order valence-corrected chi connectivity index (χ1v) is 9.01. The van der Waals surface area contributed by atoms with Crippen LogP contribution in [0.5, 0.6) is 11.5 Å². The summed E-state index contributed by atoms with van der Waals surface area (Å²) in [5.41, 5.74) is 2.01. The Kier molecular flexibility index (Phi) is 8.06. The number of hydrogen-bond donors (Lipinski definition) is 2. The fraction of sp³-hybridized carbons (Fsp3) is 0.400. The molecule has 0 fully saturated rings. The third-order valence-corrected chi connectivity index (χ3v) is 4.19. The van der Waals surface area contributed by atoms with Crippen molar-refractivity contribution >= 4 is 11.6 Å². The minimum absolute atomic E-state index is 0.137. The van der Waals surface area contributed by atoms with Gasteiger partial charge in [-0.05, 0) is 29.7 Å². The topological polar surface area (TPSA) is 58.9 Å². The lowest BCUT2D eigenvalue weighted by Crippen LogP contribution is -2.19. The molecule has 0 aromatic heterocycles. The summed E-state index contributed by atoms with van der Waals surface area (Å²) in [5.74, 6) is 1.61. The summed E-state index contributed by atoms with van der Waals surface area (Å²) in [5, 5.41) is 19.3. The highest BCUT2D eigenvalue weighted by atomic mass is 35.5. The van der Waals surface area contributed by atoms with Crippen LogP contribution in [0.1, 0.15) is 24.5 Å². The van der Waals surface area contributed by atoms with Crippen LogP contribution in [-0.4, -0.2) is 41.5 Å². The van der Waals surface area contributed by atoms with E-state index in [2.05, 4.69) is 0 Å². The molecule has 0 heterocycles. The first kappa shape index (κ1) is 19.6. The number of alkyl halides is 1. The maximum absolute atomic E-state index is 9.71. The van der Waals surface area contributed by atoms with Crippen LogP contribution in [0.4, 0.5) is 0 Å². The molecule has 0 spiro atoms. The number of hydrogen-bond acceptors (Lipinski definition) is 4. The maximum atomic E-state index is 9.71. The Bertz CT molecular complexity index is 592. The van der Waals surface area contributed by atoms with Crippen molar-refractivity contribution in [3.05, 3.63) is 59.7 Å². The van der Waals surface area contributed by atoms with E-state index in [0.29, 0.717) is 12.8 Å². The molecule has 0 saturated carbocycles. The minimum atomic E-state index is -0.694. The van der Waals surface area contributed by atoms with Crippen molar-refractivity contribution in [3.8, 4) is 11.5 Å². The van der Waals surface area contributed by atoms with E-state index in [9.17, 15) is 10.2 Å². The molecule has 2 aromatic rings. The molecule has 0 bridgehead atoms. The molecule has 0 aliphatic rings. The van der Waals surface area contributed by atoms with Crippen LogP contribution in [0.3, 0.4) is 0 Å². The van der Waals surface area contributed by atoms with Gasteiger partial charge in [0.15, 0.2) is 0 Å². The van der Waals surface area contributed by atoms with Gasteiger partial charge in [-0.1, -0.05) is 43.3 Å². The zero-order valence-electron chi connectivity index (χ0n) is 14.4. The van der Waals surface area contributed by atoms with Crippen LogP contribution in [0.25, 0.3) is 0 Å². The summed E-state index contributed by atoms with van der Waals surface area (Å²) >= 11 is 5.61. The van der Waals surface area contributed by atoms with Crippen molar-refractivity contribution in [1.29, 1.82) is 0 Å². The van der Waals surface area contributed by atoms with Gasteiger partial charge in [-0.25, -0.2) is 0 Å². The van der Waals surface area contributed by atoms with Crippen molar-refractivity contribution in [2.24, 2.45) is 0 Å². The zero-order valence-corrected chi connectivity index (χ0v) is 15.2. The molecule has 2 rings (SSSR count). The van der Waals surface area contributed by atoms with Gasteiger partial charge in [0.1, 0.15) is 30.8 Å². The number of aliphatic hydroxyl groups is 2. The molecular weight excluding hydrogens is 340 g/mol. The van der Waals surface area contributed by atoms with Crippen molar-refractivity contribution in [1.82, 2.24) is 0 Å². The summed E-state index contributed by atoms with van der Waals surface area (Å²) < 4.78 is 11.5. The molecule has 2 aromatic carbocycles. The average molecular weight is 365 g/mol. The summed E-state index contributed by atoms with van der Waals surface area (Å²) in [4.78, 5) is 0. The Labute approximate surface area is 154 Å². The van der Waals surface area contributed by atoms with Gasteiger partial charge in [0.2, 0.25) is 0 Å². The molecule has 2 atom stereocenters. The second-order valence-electron chi connectivity index (χ2n) is 5.88. The molecule has 136 valence electrons. The van der Waals surface area contributed by atoms with Crippen LogP contribution in [0.15, 0.2) is 48.5 Å². The summed E-state index contributed by atoms with van der Waals surface area (Å²) in [6.07, 6.45) is 0.120. The van der Waals surface area contributed by atoms with Crippen LogP contribution < -0.4 is 9.47 Å². The predicted octanol–water partition coefficient (Wildman–Crippen LogP) is 3.41. The average Bonchev–Trinajstić information content (AvgIpc) is 2.66. The number of aliphatic hydroxyl groups excluding tert-OH is 2. The van der Waals surface area contributed by atoms with E-state index < -0.39 is 12.2 Å².